The first-order valence-corrected chi connectivity index (χ1v) is 6.47. The van der Waals surface area contributed by atoms with Gasteiger partial charge in [0.2, 0.25) is 5.95 Å². The van der Waals surface area contributed by atoms with Crippen molar-refractivity contribution in [3.05, 3.63) is 41.9 Å². The minimum atomic E-state index is -0.161. The minimum absolute atomic E-state index is 0.161. The standard InChI is InChI=1S/C14H15N5O2/c1-9-12(7-19-14(17-9)15-8-16-19)13(20)18-10-3-5-11(21-2)6-4-10/h3-6,8H,7H2,1-2H3,(H,18,20)(H,15,16,17). The maximum atomic E-state index is 12.4. The van der Waals surface area contributed by atoms with E-state index in [1.165, 1.54) is 6.33 Å². The van der Waals surface area contributed by atoms with Crippen molar-refractivity contribution in [2.24, 2.45) is 0 Å². The summed E-state index contributed by atoms with van der Waals surface area (Å²) in [6, 6.07) is 7.19. The summed E-state index contributed by atoms with van der Waals surface area (Å²) in [5.41, 5.74) is 2.12. The van der Waals surface area contributed by atoms with Gasteiger partial charge < -0.3 is 15.4 Å². The van der Waals surface area contributed by atoms with Gasteiger partial charge in [-0.25, -0.2) is 4.68 Å². The molecule has 3 rings (SSSR count). The lowest BCUT2D eigenvalue weighted by atomic mass is 10.1. The molecule has 0 unspecified atom stereocenters. The Morgan fingerprint density at radius 2 is 2.14 bits per heavy atom. The molecular formula is C14H15N5O2. The van der Waals surface area contributed by atoms with Crippen LogP contribution in [0.1, 0.15) is 6.92 Å². The highest BCUT2D eigenvalue weighted by Crippen LogP contribution is 2.21. The number of carbonyl (C=O) groups excluding carboxylic acids is 1. The van der Waals surface area contributed by atoms with E-state index in [9.17, 15) is 4.79 Å². The molecule has 2 heterocycles. The number of nitrogens with one attached hydrogen (secondary N) is 2. The summed E-state index contributed by atoms with van der Waals surface area (Å²) in [5, 5.41) is 9.99. The number of ether oxygens (including phenoxy) is 1. The number of anilines is 2. The van der Waals surface area contributed by atoms with E-state index >= 15 is 0 Å². The molecule has 0 fully saturated rings. The number of hydrogen-bond donors (Lipinski definition) is 2. The predicted molar refractivity (Wildman–Crippen MR) is 78.0 cm³/mol. The number of nitrogens with zero attached hydrogens (tertiary/aromatic N) is 3. The third-order valence-electron chi connectivity index (χ3n) is 3.30. The topological polar surface area (TPSA) is 81.1 Å². The quantitative estimate of drug-likeness (QED) is 0.895. The summed E-state index contributed by atoms with van der Waals surface area (Å²) in [4.78, 5) is 16.4. The molecule has 21 heavy (non-hydrogen) atoms. The van der Waals surface area contributed by atoms with E-state index in [2.05, 4.69) is 20.7 Å². The second kappa shape index (κ2) is 5.28. The van der Waals surface area contributed by atoms with Crippen molar-refractivity contribution < 1.29 is 9.53 Å². The van der Waals surface area contributed by atoms with Gasteiger partial charge in [-0.2, -0.15) is 10.1 Å². The molecule has 2 N–H and O–H groups in total. The van der Waals surface area contributed by atoms with Crippen LogP contribution in [0.5, 0.6) is 5.75 Å². The van der Waals surface area contributed by atoms with Crippen LogP contribution < -0.4 is 15.4 Å². The van der Waals surface area contributed by atoms with Crippen LogP contribution in [-0.4, -0.2) is 27.8 Å². The number of benzene rings is 1. The summed E-state index contributed by atoms with van der Waals surface area (Å²) >= 11 is 0. The van der Waals surface area contributed by atoms with Crippen LogP contribution >= 0.6 is 0 Å². The Balaban J connectivity index is 1.75. The molecule has 0 spiro atoms. The molecule has 1 aromatic carbocycles. The van der Waals surface area contributed by atoms with Gasteiger partial charge in [0, 0.05) is 11.4 Å². The fraction of sp³-hybridized carbons (Fsp3) is 0.214. The molecule has 108 valence electrons. The fourth-order valence-corrected chi connectivity index (χ4v) is 2.11. The molecule has 0 saturated heterocycles. The number of methoxy groups -OCH3 is 1. The number of aromatic nitrogens is 3. The van der Waals surface area contributed by atoms with Crippen molar-refractivity contribution in [1.29, 1.82) is 0 Å². The van der Waals surface area contributed by atoms with Crippen molar-refractivity contribution in [2.45, 2.75) is 13.5 Å². The third kappa shape index (κ3) is 2.58. The summed E-state index contributed by atoms with van der Waals surface area (Å²) in [6.07, 6.45) is 1.46. The monoisotopic (exact) mass is 285 g/mol. The van der Waals surface area contributed by atoms with Crippen LogP contribution in [0, 0.1) is 0 Å². The Hall–Kier alpha value is -2.83. The normalized spacial score (nSPS) is 13.4. The largest absolute Gasteiger partial charge is 0.497 e. The minimum Gasteiger partial charge on any atom is -0.497 e. The molecule has 1 amide bonds. The van der Waals surface area contributed by atoms with Gasteiger partial charge in [-0.3, -0.25) is 4.79 Å². The van der Waals surface area contributed by atoms with Crippen LogP contribution in [0.15, 0.2) is 41.9 Å². The number of amides is 1. The molecule has 2 aromatic rings. The van der Waals surface area contributed by atoms with E-state index < -0.39 is 0 Å². The van der Waals surface area contributed by atoms with Crippen molar-refractivity contribution in [3.63, 3.8) is 0 Å². The summed E-state index contributed by atoms with van der Waals surface area (Å²) in [6.45, 7) is 2.25. The first kappa shape index (κ1) is 13.2. The maximum absolute atomic E-state index is 12.4. The molecule has 0 radical (unpaired) electrons. The Morgan fingerprint density at radius 1 is 1.38 bits per heavy atom. The van der Waals surface area contributed by atoms with Gasteiger partial charge in [0.15, 0.2) is 0 Å². The van der Waals surface area contributed by atoms with Crippen molar-refractivity contribution in [3.8, 4) is 5.75 Å². The van der Waals surface area contributed by atoms with Crippen molar-refractivity contribution in [1.82, 2.24) is 14.8 Å². The predicted octanol–water partition coefficient (Wildman–Crippen LogP) is 1.62. The number of fused-ring (bicyclic) bond motifs is 1. The second-order valence-electron chi connectivity index (χ2n) is 4.65. The van der Waals surface area contributed by atoms with Gasteiger partial charge in [-0.15, -0.1) is 0 Å². The van der Waals surface area contributed by atoms with E-state index in [1.54, 1.807) is 36.1 Å². The molecule has 7 nitrogen and oxygen atoms in total. The van der Waals surface area contributed by atoms with Crippen LogP contribution in [0.25, 0.3) is 0 Å². The summed E-state index contributed by atoms with van der Waals surface area (Å²) in [7, 11) is 1.60. The Kier molecular flexibility index (Phi) is 3.31. The van der Waals surface area contributed by atoms with Crippen LogP contribution in [-0.2, 0) is 11.3 Å². The average molecular weight is 285 g/mol. The molecule has 1 aliphatic heterocycles. The fourth-order valence-electron chi connectivity index (χ4n) is 2.11. The maximum Gasteiger partial charge on any atom is 0.255 e. The van der Waals surface area contributed by atoms with E-state index in [0.717, 1.165) is 11.4 Å². The van der Waals surface area contributed by atoms with E-state index in [-0.39, 0.29) is 5.91 Å². The molecule has 0 atom stereocenters. The third-order valence-corrected chi connectivity index (χ3v) is 3.30. The van der Waals surface area contributed by atoms with E-state index in [0.29, 0.717) is 23.8 Å². The number of rotatable bonds is 3. The molecule has 1 aliphatic rings. The second-order valence-corrected chi connectivity index (χ2v) is 4.65. The van der Waals surface area contributed by atoms with Crippen molar-refractivity contribution >= 4 is 17.5 Å². The first-order valence-electron chi connectivity index (χ1n) is 6.47. The zero-order chi connectivity index (χ0) is 14.8. The van der Waals surface area contributed by atoms with Crippen LogP contribution in [0.3, 0.4) is 0 Å². The zero-order valence-corrected chi connectivity index (χ0v) is 11.8. The Labute approximate surface area is 121 Å². The number of allylic oxidation sites excluding steroid dienone is 1. The SMILES string of the molecule is COc1ccc(NC(=O)C2=C(C)Nc3ncnn3C2)cc1. The Bertz CT molecular complexity index is 702. The van der Waals surface area contributed by atoms with Gasteiger partial charge in [0.1, 0.15) is 12.1 Å². The highest BCUT2D eigenvalue weighted by molar-refractivity contribution is 6.04. The van der Waals surface area contributed by atoms with E-state index in [1.807, 2.05) is 6.92 Å². The molecule has 0 bridgehead atoms. The van der Waals surface area contributed by atoms with Crippen LogP contribution in [0.2, 0.25) is 0 Å². The van der Waals surface area contributed by atoms with Gasteiger partial charge in [0.25, 0.3) is 5.91 Å². The Morgan fingerprint density at radius 3 is 2.86 bits per heavy atom. The molecule has 0 aliphatic carbocycles. The first-order chi connectivity index (χ1) is 10.2. The zero-order valence-electron chi connectivity index (χ0n) is 11.8. The highest BCUT2D eigenvalue weighted by Gasteiger charge is 2.21. The lowest BCUT2D eigenvalue weighted by molar-refractivity contribution is -0.113. The van der Waals surface area contributed by atoms with Gasteiger partial charge in [-0.1, -0.05) is 0 Å². The van der Waals surface area contributed by atoms with Gasteiger partial charge in [0.05, 0.1) is 19.2 Å². The summed E-state index contributed by atoms with van der Waals surface area (Å²) < 4.78 is 6.74. The van der Waals surface area contributed by atoms with Crippen molar-refractivity contribution in [2.75, 3.05) is 17.7 Å². The number of carbonyl (C=O) groups is 1. The average Bonchev–Trinajstić information content (AvgIpc) is 2.94. The smallest absolute Gasteiger partial charge is 0.255 e. The molecule has 1 aromatic heterocycles. The van der Waals surface area contributed by atoms with E-state index in [4.69, 9.17) is 4.74 Å². The van der Waals surface area contributed by atoms with Gasteiger partial charge >= 0.3 is 0 Å². The summed E-state index contributed by atoms with van der Waals surface area (Å²) in [5.74, 6) is 1.23. The van der Waals surface area contributed by atoms with Crippen LogP contribution in [0.4, 0.5) is 11.6 Å². The lowest BCUT2D eigenvalue weighted by Gasteiger charge is -2.19. The lowest BCUT2D eigenvalue weighted by Crippen LogP contribution is -2.26. The highest BCUT2D eigenvalue weighted by atomic mass is 16.5. The molecule has 7 heteroatoms. The molecular weight excluding hydrogens is 270 g/mol. The van der Waals surface area contributed by atoms with Gasteiger partial charge in [-0.05, 0) is 31.2 Å². The number of hydrogen-bond acceptors (Lipinski definition) is 5. The molecule has 0 saturated carbocycles.